The van der Waals surface area contributed by atoms with Gasteiger partial charge in [0.1, 0.15) is 0 Å². The lowest BCUT2D eigenvalue weighted by Gasteiger charge is -2.00. The Labute approximate surface area is 88.0 Å². The summed E-state index contributed by atoms with van der Waals surface area (Å²) in [7, 11) is -3.34. The van der Waals surface area contributed by atoms with Gasteiger partial charge in [0.15, 0.2) is 9.84 Å². The molecule has 2 N–H and O–H groups in total. The van der Waals surface area contributed by atoms with E-state index in [1.807, 2.05) is 0 Å². The predicted molar refractivity (Wildman–Crippen MR) is 55.6 cm³/mol. The minimum Gasteiger partial charge on any atom is -0.359 e. The molecule has 15 heavy (non-hydrogen) atoms. The Morgan fingerprint density at radius 1 is 1.33 bits per heavy atom. The third kappa shape index (κ3) is 3.11. The molecule has 0 aliphatic heterocycles. The first-order chi connectivity index (χ1) is 6.91. The molecular weight excluding hydrogens is 214 g/mol. The number of carbonyl (C=O) groups is 1. The van der Waals surface area contributed by atoms with E-state index in [1.165, 1.54) is 12.1 Å². The fourth-order valence-electron chi connectivity index (χ4n) is 1.02. The molecule has 0 heterocycles. The van der Waals surface area contributed by atoms with Crippen molar-refractivity contribution in [3.63, 3.8) is 0 Å². The van der Waals surface area contributed by atoms with Crippen LogP contribution in [0, 0.1) is 11.8 Å². The van der Waals surface area contributed by atoms with Crippen LogP contribution in [0.15, 0.2) is 29.2 Å². The van der Waals surface area contributed by atoms with Crippen molar-refractivity contribution in [3.8, 4) is 11.8 Å². The lowest BCUT2D eigenvalue weighted by Crippen LogP contribution is -2.06. The molecule has 0 aromatic heterocycles. The molecule has 1 rings (SSSR count). The lowest BCUT2D eigenvalue weighted by atomic mass is 10.2. The van der Waals surface area contributed by atoms with Crippen LogP contribution in [0.1, 0.15) is 5.56 Å². The van der Waals surface area contributed by atoms with Gasteiger partial charge in [-0.05, 0) is 12.1 Å². The summed E-state index contributed by atoms with van der Waals surface area (Å²) in [4.78, 5) is 10.5. The topological polar surface area (TPSA) is 77.2 Å². The molecule has 0 radical (unpaired) electrons. The average Bonchev–Trinajstić information content (AvgIpc) is 2.13. The minimum absolute atomic E-state index is 0.0961. The normalized spacial score (nSPS) is 10.2. The van der Waals surface area contributed by atoms with Gasteiger partial charge >= 0.3 is 0 Å². The largest absolute Gasteiger partial charge is 0.359 e. The number of sulfone groups is 1. The van der Waals surface area contributed by atoms with Crippen LogP contribution in [0.3, 0.4) is 0 Å². The van der Waals surface area contributed by atoms with Crippen molar-refractivity contribution < 1.29 is 13.2 Å². The van der Waals surface area contributed by atoms with E-state index in [-0.39, 0.29) is 10.5 Å². The van der Waals surface area contributed by atoms with Gasteiger partial charge in [-0.3, -0.25) is 4.79 Å². The number of nitrogens with two attached hydrogens (primary N) is 1. The highest BCUT2D eigenvalue weighted by Crippen LogP contribution is 2.13. The highest BCUT2D eigenvalue weighted by atomic mass is 32.2. The van der Waals surface area contributed by atoms with E-state index in [4.69, 9.17) is 5.73 Å². The molecular formula is C10H9NO3S. The summed E-state index contributed by atoms with van der Waals surface area (Å²) in [6, 6.07) is 6.18. The van der Waals surface area contributed by atoms with Gasteiger partial charge in [-0.1, -0.05) is 18.1 Å². The second-order valence-corrected chi connectivity index (χ2v) is 4.87. The van der Waals surface area contributed by atoms with Crippen LogP contribution in [0.2, 0.25) is 0 Å². The molecule has 0 saturated carbocycles. The number of carbonyl (C=O) groups excluding carboxylic acids is 1. The predicted octanol–water partition coefficient (Wildman–Crippen LogP) is -0.0731. The van der Waals surface area contributed by atoms with Crippen molar-refractivity contribution in [2.45, 2.75) is 4.90 Å². The quantitative estimate of drug-likeness (QED) is 0.677. The summed E-state index contributed by atoms with van der Waals surface area (Å²) in [5.41, 5.74) is 5.11. The van der Waals surface area contributed by atoms with Crippen molar-refractivity contribution in [2.24, 2.45) is 5.73 Å². The van der Waals surface area contributed by atoms with Gasteiger partial charge < -0.3 is 5.73 Å². The van der Waals surface area contributed by atoms with Crippen LogP contribution >= 0.6 is 0 Å². The Morgan fingerprint density at radius 3 is 2.47 bits per heavy atom. The van der Waals surface area contributed by atoms with Crippen LogP contribution in [0.25, 0.3) is 0 Å². The van der Waals surface area contributed by atoms with Gasteiger partial charge in [0.05, 0.1) is 4.90 Å². The van der Waals surface area contributed by atoms with Gasteiger partial charge in [-0.25, -0.2) is 8.42 Å². The molecule has 0 unspecified atom stereocenters. The minimum atomic E-state index is -3.34. The Kier molecular flexibility index (Phi) is 3.12. The monoisotopic (exact) mass is 223 g/mol. The van der Waals surface area contributed by atoms with Crippen molar-refractivity contribution in [2.75, 3.05) is 6.26 Å². The summed E-state index contributed by atoms with van der Waals surface area (Å²) < 4.78 is 22.6. The fourth-order valence-corrected chi connectivity index (χ4v) is 1.87. The number of hydrogen-bond donors (Lipinski definition) is 1. The summed E-state index contributed by atoms with van der Waals surface area (Å²) in [5, 5.41) is 0. The third-order valence-corrected chi connectivity index (χ3v) is 2.76. The van der Waals surface area contributed by atoms with Crippen molar-refractivity contribution in [1.29, 1.82) is 0 Å². The first-order valence-corrected chi connectivity index (χ1v) is 5.91. The molecule has 0 bridgehead atoms. The number of hydrogen-bond acceptors (Lipinski definition) is 3. The van der Waals surface area contributed by atoms with Gasteiger partial charge in [0.25, 0.3) is 5.91 Å². The zero-order chi connectivity index (χ0) is 11.5. The van der Waals surface area contributed by atoms with Gasteiger partial charge in [0.2, 0.25) is 0 Å². The Balaban J connectivity index is 3.34. The van der Waals surface area contributed by atoms with Crippen LogP contribution in [-0.2, 0) is 14.6 Å². The van der Waals surface area contributed by atoms with Gasteiger partial charge in [-0.2, -0.15) is 0 Å². The Hall–Kier alpha value is -1.80. The summed E-state index contributed by atoms with van der Waals surface area (Å²) >= 11 is 0. The molecule has 1 amide bonds. The fraction of sp³-hybridized carbons (Fsp3) is 0.100. The maximum atomic E-state index is 11.3. The first kappa shape index (κ1) is 11.3. The molecule has 0 saturated heterocycles. The van der Waals surface area contributed by atoms with Crippen LogP contribution < -0.4 is 5.73 Å². The van der Waals surface area contributed by atoms with Gasteiger partial charge in [-0.15, -0.1) is 0 Å². The molecule has 0 atom stereocenters. The number of benzene rings is 1. The maximum absolute atomic E-state index is 11.3. The molecule has 0 spiro atoms. The Bertz CT molecular complexity index is 550. The van der Waals surface area contributed by atoms with E-state index in [1.54, 1.807) is 12.1 Å². The maximum Gasteiger partial charge on any atom is 0.293 e. The van der Waals surface area contributed by atoms with Crippen molar-refractivity contribution in [3.05, 3.63) is 29.8 Å². The molecule has 1 aromatic rings. The molecule has 0 fully saturated rings. The third-order valence-electron chi connectivity index (χ3n) is 1.61. The highest BCUT2D eigenvalue weighted by Gasteiger charge is 2.10. The molecule has 0 aliphatic carbocycles. The second-order valence-electron chi connectivity index (χ2n) is 2.88. The Morgan fingerprint density at radius 2 is 1.93 bits per heavy atom. The lowest BCUT2D eigenvalue weighted by molar-refractivity contribution is -0.112. The summed E-state index contributed by atoms with van der Waals surface area (Å²) in [6.45, 7) is 0. The van der Waals surface area contributed by atoms with E-state index >= 15 is 0 Å². The van der Waals surface area contributed by atoms with Crippen molar-refractivity contribution >= 4 is 15.7 Å². The molecule has 1 aromatic carbocycles. The smallest absolute Gasteiger partial charge is 0.293 e. The average molecular weight is 223 g/mol. The first-order valence-electron chi connectivity index (χ1n) is 4.02. The molecule has 5 heteroatoms. The van der Waals surface area contributed by atoms with Crippen LogP contribution in [-0.4, -0.2) is 20.6 Å². The van der Waals surface area contributed by atoms with Crippen LogP contribution in [0.4, 0.5) is 0 Å². The SMILES string of the molecule is CS(=O)(=O)c1ccccc1C#CC(N)=O. The molecule has 0 aliphatic rings. The van der Waals surface area contributed by atoms with Gasteiger partial charge in [0, 0.05) is 17.7 Å². The number of primary amides is 1. The number of amides is 1. The van der Waals surface area contributed by atoms with E-state index in [9.17, 15) is 13.2 Å². The second kappa shape index (κ2) is 4.15. The van der Waals surface area contributed by atoms with E-state index in [0.717, 1.165) is 6.26 Å². The van der Waals surface area contributed by atoms with Crippen LogP contribution in [0.5, 0.6) is 0 Å². The van der Waals surface area contributed by atoms with E-state index < -0.39 is 15.7 Å². The zero-order valence-corrected chi connectivity index (χ0v) is 8.84. The molecule has 78 valence electrons. The zero-order valence-electron chi connectivity index (χ0n) is 8.02. The van der Waals surface area contributed by atoms with E-state index in [0.29, 0.717) is 0 Å². The molecule has 4 nitrogen and oxygen atoms in total. The standard InChI is InChI=1S/C10H9NO3S/c1-15(13,14)9-5-3-2-4-8(9)6-7-10(11)12/h2-5H,1H3,(H2,11,12). The highest BCUT2D eigenvalue weighted by molar-refractivity contribution is 7.90. The van der Waals surface area contributed by atoms with Crippen molar-refractivity contribution in [1.82, 2.24) is 0 Å². The number of rotatable bonds is 1. The summed E-state index contributed by atoms with van der Waals surface area (Å²) in [5.74, 6) is 3.72. The summed E-state index contributed by atoms with van der Waals surface area (Å²) in [6.07, 6.45) is 1.08. The van der Waals surface area contributed by atoms with E-state index in [2.05, 4.69) is 11.8 Å².